The van der Waals surface area contributed by atoms with Crippen LogP contribution in [0.4, 0.5) is 0 Å². The van der Waals surface area contributed by atoms with Gasteiger partial charge in [-0.3, -0.25) is 4.79 Å². The maximum atomic E-state index is 11.8. The minimum absolute atomic E-state index is 0.00346. The van der Waals surface area contributed by atoms with E-state index in [9.17, 15) is 4.79 Å². The summed E-state index contributed by atoms with van der Waals surface area (Å²) in [6, 6.07) is 5.67. The lowest BCUT2D eigenvalue weighted by Crippen LogP contribution is -2.18. The first kappa shape index (κ1) is 15.1. The number of aryl methyl sites for hydroxylation is 2. The molecule has 0 fully saturated rings. The van der Waals surface area contributed by atoms with Gasteiger partial charge in [-0.2, -0.15) is 0 Å². The molecule has 21 heavy (non-hydrogen) atoms. The molecule has 0 saturated carbocycles. The molecule has 112 valence electrons. The van der Waals surface area contributed by atoms with Crippen molar-refractivity contribution in [3.8, 4) is 22.6 Å². The zero-order valence-corrected chi connectivity index (χ0v) is 12.8. The molecule has 0 atom stereocenters. The Morgan fingerprint density at radius 1 is 1.10 bits per heavy atom. The van der Waals surface area contributed by atoms with E-state index in [-0.39, 0.29) is 5.56 Å². The van der Waals surface area contributed by atoms with Crippen molar-refractivity contribution in [3.63, 3.8) is 0 Å². The van der Waals surface area contributed by atoms with E-state index in [1.807, 2.05) is 18.2 Å². The molecule has 1 aromatic heterocycles. The molecule has 5 nitrogen and oxygen atoms in total. The molecule has 0 saturated heterocycles. The molecular formula is C16H20N2O3. The number of aromatic nitrogens is 1. The van der Waals surface area contributed by atoms with Gasteiger partial charge >= 0.3 is 0 Å². The summed E-state index contributed by atoms with van der Waals surface area (Å²) in [5, 5.41) is 0. The molecule has 0 bridgehead atoms. The summed E-state index contributed by atoms with van der Waals surface area (Å²) < 4.78 is 12.4. The molecule has 2 rings (SSSR count). The largest absolute Gasteiger partial charge is 0.496 e. The van der Waals surface area contributed by atoms with Crippen LogP contribution in [0.5, 0.6) is 11.5 Å². The van der Waals surface area contributed by atoms with Gasteiger partial charge in [0.15, 0.2) is 0 Å². The molecule has 0 unspecified atom stereocenters. The van der Waals surface area contributed by atoms with E-state index in [1.165, 1.54) is 0 Å². The monoisotopic (exact) mass is 288 g/mol. The molecular weight excluding hydrogens is 268 g/mol. The normalized spacial score (nSPS) is 10.5. The van der Waals surface area contributed by atoms with Crippen molar-refractivity contribution >= 4 is 0 Å². The van der Waals surface area contributed by atoms with E-state index >= 15 is 0 Å². The van der Waals surface area contributed by atoms with Crippen LogP contribution in [0.25, 0.3) is 11.1 Å². The molecule has 1 aromatic carbocycles. The number of hydrogen-bond acceptors (Lipinski definition) is 4. The number of ether oxygens (including phenoxy) is 2. The molecule has 2 N–H and O–H groups in total. The van der Waals surface area contributed by atoms with E-state index < -0.39 is 0 Å². The van der Waals surface area contributed by atoms with Gasteiger partial charge in [-0.05, 0) is 36.2 Å². The Bertz CT molecular complexity index is 669. The summed E-state index contributed by atoms with van der Waals surface area (Å²) in [4.78, 5) is 11.8. The van der Waals surface area contributed by atoms with Crippen LogP contribution in [0.2, 0.25) is 0 Å². The summed E-state index contributed by atoms with van der Waals surface area (Å²) in [7, 11) is 4.94. The Balaban J connectivity index is 2.67. The molecule has 0 aliphatic carbocycles. The van der Waals surface area contributed by atoms with Crippen LogP contribution in [-0.4, -0.2) is 18.8 Å². The van der Waals surface area contributed by atoms with Crippen molar-refractivity contribution in [1.82, 2.24) is 4.57 Å². The Kier molecular flexibility index (Phi) is 4.33. The highest BCUT2D eigenvalue weighted by Gasteiger charge is 2.13. The van der Waals surface area contributed by atoms with Crippen molar-refractivity contribution in [1.29, 1.82) is 0 Å². The van der Waals surface area contributed by atoms with E-state index in [2.05, 4.69) is 0 Å². The maximum absolute atomic E-state index is 11.8. The van der Waals surface area contributed by atoms with E-state index in [0.29, 0.717) is 23.6 Å². The van der Waals surface area contributed by atoms with Crippen LogP contribution in [-0.2, 0) is 13.6 Å². The first-order valence-corrected chi connectivity index (χ1v) is 6.64. The topological polar surface area (TPSA) is 66.5 Å². The standard InChI is InChI=1S/C16H20N2O3/c1-10-5-12(9-18(2)16(10)19)11-6-14(20-3)13(8-17)15(7-11)21-4/h5-7,9H,8,17H2,1-4H3. The van der Waals surface area contributed by atoms with Gasteiger partial charge in [0.05, 0.1) is 14.2 Å². The lowest BCUT2D eigenvalue weighted by Gasteiger charge is -2.15. The third kappa shape index (κ3) is 2.78. The van der Waals surface area contributed by atoms with E-state index in [1.54, 1.807) is 39.0 Å². The van der Waals surface area contributed by atoms with Crippen LogP contribution in [0.1, 0.15) is 11.1 Å². The summed E-state index contributed by atoms with van der Waals surface area (Å²) in [6.45, 7) is 2.13. The first-order chi connectivity index (χ1) is 10.0. The summed E-state index contributed by atoms with van der Waals surface area (Å²) in [6.07, 6.45) is 1.80. The Morgan fingerprint density at radius 3 is 2.10 bits per heavy atom. The predicted octanol–water partition coefficient (Wildman–Crippen LogP) is 1.84. The Morgan fingerprint density at radius 2 is 1.67 bits per heavy atom. The molecule has 0 spiro atoms. The van der Waals surface area contributed by atoms with Crippen molar-refractivity contribution in [2.45, 2.75) is 13.5 Å². The van der Waals surface area contributed by atoms with Gasteiger partial charge < -0.3 is 19.8 Å². The molecule has 2 aromatic rings. The Hall–Kier alpha value is -2.27. The zero-order valence-electron chi connectivity index (χ0n) is 12.8. The van der Waals surface area contributed by atoms with Crippen molar-refractivity contribution in [2.24, 2.45) is 12.8 Å². The second kappa shape index (κ2) is 6.01. The molecule has 0 radical (unpaired) electrons. The lowest BCUT2D eigenvalue weighted by molar-refractivity contribution is 0.386. The summed E-state index contributed by atoms with van der Waals surface area (Å²) in [5.41, 5.74) is 9.11. The van der Waals surface area contributed by atoms with Gasteiger partial charge in [0.1, 0.15) is 11.5 Å². The van der Waals surface area contributed by atoms with Crippen molar-refractivity contribution in [3.05, 3.63) is 45.9 Å². The third-order valence-corrected chi connectivity index (χ3v) is 3.51. The molecule has 5 heteroatoms. The Labute approximate surface area is 123 Å². The van der Waals surface area contributed by atoms with Crippen LogP contribution >= 0.6 is 0 Å². The first-order valence-electron chi connectivity index (χ1n) is 6.64. The minimum atomic E-state index is -0.00346. The minimum Gasteiger partial charge on any atom is -0.496 e. The summed E-state index contributed by atoms with van der Waals surface area (Å²) in [5.74, 6) is 1.36. The number of hydrogen-bond donors (Lipinski definition) is 1. The zero-order chi connectivity index (χ0) is 15.6. The molecule has 0 aliphatic rings. The van der Waals surface area contributed by atoms with Gasteiger partial charge in [-0.1, -0.05) is 0 Å². The third-order valence-electron chi connectivity index (χ3n) is 3.51. The second-order valence-corrected chi connectivity index (χ2v) is 4.89. The number of rotatable bonds is 4. The van der Waals surface area contributed by atoms with E-state index in [4.69, 9.17) is 15.2 Å². The average Bonchev–Trinajstić information content (AvgIpc) is 2.50. The quantitative estimate of drug-likeness (QED) is 0.932. The van der Waals surface area contributed by atoms with E-state index in [0.717, 1.165) is 16.7 Å². The number of pyridine rings is 1. The smallest absolute Gasteiger partial charge is 0.253 e. The fourth-order valence-electron chi connectivity index (χ4n) is 2.39. The average molecular weight is 288 g/mol. The SMILES string of the molecule is COc1cc(-c2cc(C)c(=O)n(C)c2)cc(OC)c1CN. The molecule has 0 aliphatic heterocycles. The van der Waals surface area contributed by atoms with Crippen LogP contribution < -0.4 is 20.8 Å². The van der Waals surface area contributed by atoms with Gasteiger partial charge in [-0.15, -0.1) is 0 Å². The van der Waals surface area contributed by atoms with Gasteiger partial charge in [0.25, 0.3) is 5.56 Å². The molecule has 1 heterocycles. The highest BCUT2D eigenvalue weighted by Crippen LogP contribution is 2.34. The highest BCUT2D eigenvalue weighted by molar-refractivity contribution is 5.69. The van der Waals surface area contributed by atoms with Crippen molar-refractivity contribution < 1.29 is 9.47 Å². The number of benzene rings is 1. The number of nitrogens with zero attached hydrogens (tertiary/aromatic N) is 1. The van der Waals surface area contributed by atoms with Crippen LogP contribution in [0.15, 0.2) is 29.2 Å². The lowest BCUT2D eigenvalue weighted by atomic mass is 10.0. The fraction of sp³-hybridized carbons (Fsp3) is 0.312. The molecule has 0 amide bonds. The number of nitrogens with two attached hydrogens (primary N) is 1. The fourth-order valence-corrected chi connectivity index (χ4v) is 2.39. The van der Waals surface area contributed by atoms with Gasteiger partial charge in [0.2, 0.25) is 0 Å². The second-order valence-electron chi connectivity index (χ2n) is 4.89. The van der Waals surface area contributed by atoms with Crippen LogP contribution in [0.3, 0.4) is 0 Å². The maximum Gasteiger partial charge on any atom is 0.253 e. The van der Waals surface area contributed by atoms with Crippen LogP contribution in [0, 0.1) is 6.92 Å². The predicted molar refractivity (Wildman–Crippen MR) is 82.9 cm³/mol. The van der Waals surface area contributed by atoms with Crippen molar-refractivity contribution in [2.75, 3.05) is 14.2 Å². The number of methoxy groups -OCH3 is 2. The summed E-state index contributed by atoms with van der Waals surface area (Å²) >= 11 is 0. The van der Waals surface area contributed by atoms with Gasteiger partial charge in [-0.25, -0.2) is 0 Å². The highest BCUT2D eigenvalue weighted by atomic mass is 16.5. The van der Waals surface area contributed by atoms with Gasteiger partial charge in [0, 0.05) is 30.9 Å².